The van der Waals surface area contributed by atoms with E-state index >= 15 is 0 Å². The zero-order chi connectivity index (χ0) is 11.1. The second kappa shape index (κ2) is 5.77. The molecule has 0 bridgehead atoms. The maximum absolute atomic E-state index is 11.3. The lowest BCUT2D eigenvalue weighted by Crippen LogP contribution is -2.47. The number of nitrogens with one attached hydrogen (secondary N) is 1. The topological polar surface area (TPSA) is 49.3 Å². The third-order valence-electron chi connectivity index (χ3n) is 2.87. The van der Waals surface area contributed by atoms with E-state index in [9.17, 15) is 9.90 Å². The molecule has 0 atom stereocenters. The lowest BCUT2D eigenvalue weighted by Gasteiger charge is -2.36. The normalized spacial score (nSPS) is 17.6. The molecule has 1 aliphatic carbocycles. The highest BCUT2D eigenvalue weighted by Crippen LogP contribution is 2.30. The third kappa shape index (κ3) is 4.35. The van der Waals surface area contributed by atoms with E-state index in [4.69, 9.17) is 6.42 Å². The Morgan fingerprint density at radius 1 is 1.47 bits per heavy atom. The minimum atomic E-state index is -0.617. The van der Waals surface area contributed by atoms with Crippen molar-refractivity contribution in [3.63, 3.8) is 0 Å². The van der Waals surface area contributed by atoms with Crippen molar-refractivity contribution in [2.24, 2.45) is 0 Å². The molecular formula is C12H19NO2. The van der Waals surface area contributed by atoms with Gasteiger partial charge in [0.15, 0.2) is 0 Å². The van der Waals surface area contributed by atoms with Crippen LogP contribution in [-0.4, -0.2) is 23.2 Å². The van der Waals surface area contributed by atoms with Crippen molar-refractivity contribution in [3.05, 3.63) is 0 Å². The first-order chi connectivity index (χ1) is 7.16. The Labute approximate surface area is 91.3 Å². The predicted octanol–water partition coefficient (Wildman–Crippen LogP) is 1.21. The molecule has 0 aromatic rings. The minimum absolute atomic E-state index is 0.0207. The van der Waals surface area contributed by atoms with Gasteiger partial charge in [0.2, 0.25) is 5.91 Å². The van der Waals surface area contributed by atoms with E-state index in [0.29, 0.717) is 13.0 Å². The van der Waals surface area contributed by atoms with Crippen LogP contribution in [0.4, 0.5) is 0 Å². The predicted molar refractivity (Wildman–Crippen MR) is 59.1 cm³/mol. The SMILES string of the molecule is C#CCCCCC(=O)NCC1(O)CCC1. The molecule has 1 fully saturated rings. The number of unbranched alkanes of at least 4 members (excludes halogenated alkanes) is 2. The van der Waals surface area contributed by atoms with Crippen molar-refractivity contribution >= 4 is 5.91 Å². The van der Waals surface area contributed by atoms with E-state index < -0.39 is 5.60 Å². The van der Waals surface area contributed by atoms with Gasteiger partial charge in [0, 0.05) is 19.4 Å². The molecular weight excluding hydrogens is 190 g/mol. The number of hydrogen-bond acceptors (Lipinski definition) is 2. The van der Waals surface area contributed by atoms with Gasteiger partial charge in [-0.05, 0) is 32.1 Å². The fourth-order valence-electron chi connectivity index (χ4n) is 1.63. The van der Waals surface area contributed by atoms with Crippen LogP contribution < -0.4 is 5.32 Å². The Morgan fingerprint density at radius 2 is 2.20 bits per heavy atom. The number of rotatable bonds is 6. The van der Waals surface area contributed by atoms with Gasteiger partial charge in [0.25, 0.3) is 0 Å². The second-order valence-electron chi connectivity index (χ2n) is 4.27. The summed E-state index contributed by atoms with van der Waals surface area (Å²) in [5.74, 6) is 2.56. The lowest BCUT2D eigenvalue weighted by atomic mass is 9.80. The van der Waals surface area contributed by atoms with E-state index in [1.54, 1.807) is 0 Å². The van der Waals surface area contributed by atoms with Crippen LogP contribution in [0.25, 0.3) is 0 Å². The summed E-state index contributed by atoms with van der Waals surface area (Å²) in [6.45, 7) is 0.404. The van der Waals surface area contributed by atoms with Crippen molar-refractivity contribution in [1.82, 2.24) is 5.32 Å². The average molecular weight is 209 g/mol. The number of terminal acetylenes is 1. The minimum Gasteiger partial charge on any atom is -0.388 e. The van der Waals surface area contributed by atoms with Crippen molar-refractivity contribution in [2.75, 3.05) is 6.54 Å². The maximum Gasteiger partial charge on any atom is 0.220 e. The Hall–Kier alpha value is -1.01. The van der Waals surface area contributed by atoms with Crippen LogP contribution in [0.1, 0.15) is 44.9 Å². The van der Waals surface area contributed by atoms with Gasteiger partial charge < -0.3 is 10.4 Å². The molecule has 0 aromatic heterocycles. The number of amides is 1. The summed E-state index contributed by atoms with van der Waals surface area (Å²) in [6.07, 6.45) is 10.8. The van der Waals surface area contributed by atoms with E-state index in [2.05, 4.69) is 11.2 Å². The molecule has 15 heavy (non-hydrogen) atoms. The molecule has 2 N–H and O–H groups in total. The van der Waals surface area contributed by atoms with Gasteiger partial charge in [-0.3, -0.25) is 4.79 Å². The van der Waals surface area contributed by atoms with E-state index in [-0.39, 0.29) is 5.91 Å². The van der Waals surface area contributed by atoms with Crippen molar-refractivity contribution in [3.8, 4) is 12.3 Å². The Morgan fingerprint density at radius 3 is 2.73 bits per heavy atom. The second-order valence-corrected chi connectivity index (χ2v) is 4.27. The van der Waals surface area contributed by atoms with Crippen LogP contribution >= 0.6 is 0 Å². The highest BCUT2D eigenvalue weighted by molar-refractivity contribution is 5.75. The summed E-state index contributed by atoms with van der Waals surface area (Å²) in [5, 5.41) is 12.5. The molecule has 0 aromatic carbocycles. The van der Waals surface area contributed by atoms with E-state index in [1.807, 2.05) is 0 Å². The number of hydrogen-bond donors (Lipinski definition) is 2. The first kappa shape index (κ1) is 12.1. The third-order valence-corrected chi connectivity index (χ3v) is 2.87. The van der Waals surface area contributed by atoms with E-state index in [0.717, 1.165) is 38.5 Å². The van der Waals surface area contributed by atoms with Crippen LogP contribution in [0.3, 0.4) is 0 Å². The highest BCUT2D eigenvalue weighted by Gasteiger charge is 2.34. The van der Waals surface area contributed by atoms with Gasteiger partial charge in [-0.25, -0.2) is 0 Å². The quantitative estimate of drug-likeness (QED) is 0.510. The van der Waals surface area contributed by atoms with Crippen LogP contribution in [0.5, 0.6) is 0 Å². The zero-order valence-electron chi connectivity index (χ0n) is 9.09. The molecule has 0 saturated heterocycles. The van der Waals surface area contributed by atoms with Gasteiger partial charge in [-0.2, -0.15) is 0 Å². The Balaban J connectivity index is 2.01. The van der Waals surface area contributed by atoms with Crippen molar-refractivity contribution in [1.29, 1.82) is 0 Å². The maximum atomic E-state index is 11.3. The van der Waals surface area contributed by atoms with Crippen molar-refractivity contribution < 1.29 is 9.90 Å². The molecule has 0 spiro atoms. The average Bonchev–Trinajstić information content (AvgIpc) is 2.19. The standard InChI is InChI=1S/C12H19NO2/c1-2-3-4-5-7-11(14)13-10-12(15)8-6-9-12/h1,15H,3-10H2,(H,13,14). The number of carbonyl (C=O) groups is 1. The summed E-state index contributed by atoms with van der Waals surface area (Å²) in [6, 6.07) is 0. The van der Waals surface area contributed by atoms with Gasteiger partial charge in [-0.15, -0.1) is 12.3 Å². The molecule has 0 unspecified atom stereocenters. The number of carbonyl (C=O) groups excluding carboxylic acids is 1. The highest BCUT2D eigenvalue weighted by atomic mass is 16.3. The number of aliphatic hydroxyl groups is 1. The fraction of sp³-hybridized carbons (Fsp3) is 0.750. The van der Waals surface area contributed by atoms with Crippen molar-refractivity contribution in [2.45, 2.75) is 50.5 Å². The van der Waals surface area contributed by atoms with Gasteiger partial charge >= 0.3 is 0 Å². The van der Waals surface area contributed by atoms with Crippen LogP contribution in [0, 0.1) is 12.3 Å². The summed E-state index contributed by atoms with van der Waals surface area (Å²) in [5.41, 5.74) is -0.617. The van der Waals surface area contributed by atoms with Gasteiger partial charge in [-0.1, -0.05) is 0 Å². The van der Waals surface area contributed by atoms with Crippen LogP contribution in [0.2, 0.25) is 0 Å². The molecule has 3 nitrogen and oxygen atoms in total. The lowest BCUT2D eigenvalue weighted by molar-refractivity contribution is -0.123. The molecule has 0 aliphatic heterocycles. The van der Waals surface area contributed by atoms with E-state index in [1.165, 1.54) is 0 Å². The summed E-state index contributed by atoms with van der Waals surface area (Å²) < 4.78 is 0. The first-order valence-electron chi connectivity index (χ1n) is 5.59. The summed E-state index contributed by atoms with van der Waals surface area (Å²) in [7, 11) is 0. The molecule has 0 heterocycles. The summed E-state index contributed by atoms with van der Waals surface area (Å²) in [4.78, 5) is 11.3. The van der Waals surface area contributed by atoms with Crippen LogP contribution in [-0.2, 0) is 4.79 Å². The molecule has 1 amide bonds. The Bertz CT molecular complexity index is 251. The monoisotopic (exact) mass is 209 g/mol. The largest absolute Gasteiger partial charge is 0.388 e. The smallest absolute Gasteiger partial charge is 0.220 e. The molecule has 3 heteroatoms. The molecule has 84 valence electrons. The first-order valence-corrected chi connectivity index (χ1v) is 5.59. The molecule has 1 rings (SSSR count). The molecule has 0 radical (unpaired) electrons. The van der Waals surface area contributed by atoms with Crippen LogP contribution in [0.15, 0.2) is 0 Å². The summed E-state index contributed by atoms with van der Waals surface area (Å²) >= 11 is 0. The van der Waals surface area contributed by atoms with Gasteiger partial charge in [0.05, 0.1) is 5.60 Å². The molecule has 1 aliphatic rings. The zero-order valence-corrected chi connectivity index (χ0v) is 9.09. The fourth-order valence-corrected chi connectivity index (χ4v) is 1.63. The Kier molecular flexibility index (Phi) is 4.64. The molecule has 1 saturated carbocycles. The van der Waals surface area contributed by atoms with Gasteiger partial charge in [0.1, 0.15) is 0 Å².